The first-order valence-corrected chi connectivity index (χ1v) is 6.74. The average molecular weight is 223 g/mol. The molecule has 2 aliphatic rings. The van der Waals surface area contributed by atoms with Crippen molar-refractivity contribution in [2.24, 2.45) is 10.8 Å². The number of aldehydes is 1. The van der Waals surface area contributed by atoms with E-state index >= 15 is 0 Å². The van der Waals surface area contributed by atoms with Crippen LogP contribution in [0.1, 0.15) is 52.4 Å². The molecule has 2 nitrogen and oxygen atoms in total. The first-order valence-electron chi connectivity index (χ1n) is 6.74. The summed E-state index contributed by atoms with van der Waals surface area (Å²) in [5.41, 5.74) is 0.456. The predicted octanol–water partition coefficient (Wildman–Crippen LogP) is 2.87. The third-order valence-corrected chi connectivity index (χ3v) is 4.39. The second-order valence-corrected chi connectivity index (χ2v) is 6.67. The standard InChI is InChI=1S/C14H25NO/c1-13(2)8-9-15(10-13)11-14(12-16)6-4-3-5-7-14/h12H,3-11H2,1-2H3. The summed E-state index contributed by atoms with van der Waals surface area (Å²) in [4.78, 5) is 13.9. The lowest BCUT2D eigenvalue weighted by atomic mass is 9.75. The van der Waals surface area contributed by atoms with Crippen LogP contribution in [-0.4, -0.2) is 30.8 Å². The van der Waals surface area contributed by atoms with Gasteiger partial charge in [-0.15, -0.1) is 0 Å². The molecular weight excluding hydrogens is 198 g/mol. The van der Waals surface area contributed by atoms with Crippen LogP contribution in [0.15, 0.2) is 0 Å². The van der Waals surface area contributed by atoms with Crippen LogP contribution >= 0.6 is 0 Å². The Balaban J connectivity index is 1.94. The molecule has 0 amide bonds. The largest absolute Gasteiger partial charge is 0.303 e. The Hall–Kier alpha value is -0.370. The predicted molar refractivity (Wildman–Crippen MR) is 66.4 cm³/mol. The first-order chi connectivity index (χ1) is 7.55. The second kappa shape index (κ2) is 4.48. The zero-order valence-corrected chi connectivity index (χ0v) is 10.8. The molecule has 0 bridgehead atoms. The molecule has 1 aliphatic heterocycles. The smallest absolute Gasteiger partial charge is 0.127 e. The maximum atomic E-state index is 11.4. The number of likely N-dealkylation sites (tertiary alicyclic amines) is 1. The Morgan fingerprint density at radius 2 is 1.81 bits per heavy atom. The molecule has 1 aliphatic carbocycles. The molecule has 0 aromatic heterocycles. The fraction of sp³-hybridized carbons (Fsp3) is 0.929. The van der Waals surface area contributed by atoms with E-state index in [4.69, 9.17) is 0 Å². The van der Waals surface area contributed by atoms with Crippen molar-refractivity contribution in [2.75, 3.05) is 19.6 Å². The molecule has 0 radical (unpaired) electrons. The summed E-state index contributed by atoms with van der Waals surface area (Å²) < 4.78 is 0. The topological polar surface area (TPSA) is 20.3 Å². The third kappa shape index (κ3) is 2.65. The van der Waals surface area contributed by atoms with Gasteiger partial charge in [-0.2, -0.15) is 0 Å². The van der Waals surface area contributed by atoms with E-state index in [-0.39, 0.29) is 5.41 Å². The van der Waals surface area contributed by atoms with Gasteiger partial charge >= 0.3 is 0 Å². The van der Waals surface area contributed by atoms with E-state index in [0.717, 1.165) is 19.4 Å². The van der Waals surface area contributed by atoms with Crippen molar-refractivity contribution in [3.05, 3.63) is 0 Å². The molecular formula is C14H25NO. The fourth-order valence-electron chi connectivity index (χ4n) is 3.37. The van der Waals surface area contributed by atoms with Crippen molar-refractivity contribution >= 4 is 6.29 Å². The van der Waals surface area contributed by atoms with Gasteiger partial charge in [0.05, 0.1) is 0 Å². The normalized spacial score (nSPS) is 29.1. The highest BCUT2D eigenvalue weighted by atomic mass is 16.1. The van der Waals surface area contributed by atoms with E-state index in [2.05, 4.69) is 18.7 Å². The van der Waals surface area contributed by atoms with E-state index < -0.39 is 0 Å². The Kier molecular flexibility index (Phi) is 3.39. The summed E-state index contributed by atoms with van der Waals surface area (Å²) in [5, 5.41) is 0. The van der Waals surface area contributed by atoms with Crippen LogP contribution in [-0.2, 0) is 4.79 Å². The van der Waals surface area contributed by atoms with Gasteiger partial charge in [0, 0.05) is 18.5 Å². The highest BCUT2D eigenvalue weighted by Crippen LogP contribution is 2.38. The highest BCUT2D eigenvalue weighted by Gasteiger charge is 2.37. The monoisotopic (exact) mass is 223 g/mol. The SMILES string of the molecule is CC1(C)CCN(CC2(C=O)CCCCC2)C1. The van der Waals surface area contributed by atoms with Gasteiger partial charge in [-0.3, -0.25) is 0 Å². The molecule has 2 rings (SSSR count). The Morgan fingerprint density at radius 3 is 2.31 bits per heavy atom. The minimum absolute atomic E-state index is 0.00132. The lowest BCUT2D eigenvalue weighted by Gasteiger charge is -2.36. The third-order valence-electron chi connectivity index (χ3n) is 4.39. The van der Waals surface area contributed by atoms with Crippen molar-refractivity contribution in [3.63, 3.8) is 0 Å². The summed E-state index contributed by atoms with van der Waals surface area (Å²) in [6, 6.07) is 0. The first kappa shape index (κ1) is 12.1. The number of carbonyl (C=O) groups excluding carboxylic acids is 1. The second-order valence-electron chi connectivity index (χ2n) is 6.67. The van der Waals surface area contributed by atoms with E-state index in [0.29, 0.717) is 5.41 Å². The Bertz CT molecular complexity index is 253. The lowest BCUT2D eigenvalue weighted by Crippen LogP contribution is -2.39. The summed E-state index contributed by atoms with van der Waals surface area (Å²) in [7, 11) is 0. The number of rotatable bonds is 3. The van der Waals surface area contributed by atoms with Crippen molar-refractivity contribution in [2.45, 2.75) is 52.4 Å². The van der Waals surface area contributed by atoms with E-state index in [1.807, 2.05) is 0 Å². The molecule has 0 N–H and O–H groups in total. The molecule has 0 aromatic rings. The van der Waals surface area contributed by atoms with Gasteiger partial charge in [0.1, 0.15) is 6.29 Å². The summed E-state index contributed by atoms with van der Waals surface area (Å²) in [5.74, 6) is 0. The minimum atomic E-state index is -0.00132. The van der Waals surface area contributed by atoms with Gasteiger partial charge in [-0.1, -0.05) is 33.1 Å². The molecule has 1 saturated carbocycles. The van der Waals surface area contributed by atoms with Crippen LogP contribution in [0.5, 0.6) is 0 Å². The lowest BCUT2D eigenvalue weighted by molar-refractivity contribution is -0.119. The summed E-state index contributed by atoms with van der Waals surface area (Å²) in [6.45, 7) is 8.04. The van der Waals surface area contributed by atoms with Crippen molar-refractivity contribution in [3.8, 4) is 0 Å². The van der Waals surface area contributed by atoms with E-state index in [9.17, 15) is 4.79 Å². The number of hydrogen-bond donors (Lipinski definition) is 0. The van der Waals surface area contributed by atoms with Crippen LogP contribution in [0.4, 0.5) is 0 Å². The van der Waals surface area contributed by atoms with Crippen LogP contribution in [0.25, 0.3) is 0 Å². The minimum Gasteiger partial charge on any atom is -0.303 e. The molecule has 0 atom stereocenters. The summed E-state index contributed by atoms with van der Waals surface area (Å²) >= 11 is 0. The average Bonchev–Trinajstić information content (AvgIpc) is 2.59. The molecule has 2 fully saturated rings. The van der Waals surface area contributed by atoms with Crippen molar-refractivity contribution in [1.29, 1.82) is 0 Å². The van der Waals surface area contributed by atoms with Gasteiger partial charge in [-0.05, 0) is 31.2 Å². The van der Waals surface area contributed by atoms with Crippen molar-refractivity contribution < 1.29 is 4.79 Å². The molecule has 0 spiro atoms. The zero-order chi connectivity index (χ0) is 11.6. The Morgan fingerprint density at radius 1 is 1.12 bits per heavy atom. The van der Waals surface area contributed by atoms with Gasteiger partial charge in [0.25, 0.3) is 0 Å². The number of carbonyl (C=O) groups is 1. The van der Waals surface area contributed by atoms with Gasteiger partial charge in [0.15, 0.2) is 0 Å². The molecule has 2 heteroatoms. The Labute approximate surface area is 99.4 Å². The number of nitrogens with zero attached hydrogens (tertiary/aromatic N) is 1. The van der Waals surface area contributed by atoms with Crippen LogP contribution in [0.2, 0.25) is 0 Å². The summed E-state index contributed by atoms with van der Waals surface area (Å²) in [6.07, 6.45) is 8.59. The van der Waals surface area contributed by atoms with Crippen LogP contribution < -0.4 is 0 Å². The zero-order valence-electron chi connectivity index (χ0n) is 10.8. The highest BCUT2D eigenvalue weighted by molar-refractivity contribution is 5.60. The molecule has 1 heterocycles. The maximum Gasteiger partial charge on any atom is 0.127 e. The maximum absolute atomic E-state index is 11.4. The van der Waals surface area contributed by atoms with Crippen molar-refractivity contribution in [1.82, 2.24) is 4.90 Å². The molecule has 1 saturated heterocycles. The molecule has 0 unspecified atom stereocenters. The van der Waals surface area contributed by atoms with E-state index in [1.165, 1.54) is 45.1 Å². The van der Waals surface area contributed by atoms with Gasteiger partial charge in [0.2, 0.25) is 0 Å². The van der Waals surface area contributed by atoms with Crippen LogP contribution in [0.3, 0.4) is 0 Å². The number of hydrogen-bond acceptors (Lipinski definition) is 2. The fourth-order valence-corrected chi connectivity index (χ4v) is 3.37. The van der Waals surface area contributed by atoms with Gasteiger partial charge in [-0.25, -0.2) is 0 Å². The quantitative estimate of drug-likeness (QED) is 0.686. The molecule has 92 valence electrons. The molecule has 16 heavy (non-hydrogen) atoms. The molecule has 0 aromatic carbocycles. The van der Waals surface area contributed by atoms with Gasteiger partial charge < -0.3 is 9.69 Å². The van der Waals surface area contributed by atoms with E-state index in [1.54, 1.807) is 0 Å². The van der Waals surface area contributed by atoms with Crippen LogP contribution in [0, 0.1) is 10.8 Å².